The van der Waals surface area contributed by atoms with Crippen LogP contribution in [-0.4, -0.2) is 17.6 Å². The van der Waals surface area contributed by atoms with E-state index in [-0.39, 0.29) is 11.9 Å². The van der Waals surface area contributed by atoms with E-state index in [0.29, 0.717) is 12.2 Å². The first-order valence-electron chi connectivity index (χ1n) is 9.12. The van der Waals surface area contributed by atoms with E-state index in [4.69, 9.17) is 0 Å². The lowest BCUT2D eigenvalue weighted by Crippen LogP contribution is -2.32. The number of amides is 2. The molecule has 5 heteroatoms. The summed E-state index contributed by atoms with van der Waals surface area (Å²) in [5.41, 5.74) is 3.70. The lowest BCUT2D eigenvalue weighted by atomic mass is 9.91. The number of carbonyl (C=O) groups excluding carboxylic acids is 1. The van der Waals surface area contributed by atoms with Gasteiger partial charge in [0, 0.05) is 35.2 Å². The molecule has 140 valence electrons. The van der Waals surface area contributed by atoms with Gasteiger partial charge in [-0.05, 0) is 35.4 Å². The van der Waals surface area contributed by atoms with Crippen LogP contribution in [0.3, 0.4) is 0 Å². The van der Waals surface area contributed by atoms with Crippen molar-refractivity contribution in [3.63, 3.8) is 0 Å². The maximum absolute atomic E-state index is 13.3. The SMILES string of the molecule is O=C(NC[C@H](c1ccccc1)c1c[nH]c2ccccc12)Nc1cccc(F)c1. The minimum Gasteiger partial charge on any atom is -0.361 e. The first-order chi connectivity index (χ1) is 13.7. The summed E-state index contributed by atoms with van der Waals surface area (Å²) in [4.78, 5) is 15.6. The van der Waals surface area contributed by atoms with Crippen LogP contribution in [0.15, 0.2) is 85.1 Å². The van der Waals surface area contributed by atoms with Gasteiger partial charge in [0.1, 0.15) is 5.82 Å². The highest BCUT2D eigenvalue weighted by atomic mass is 19.1. The number of hydrogen-bond donors (Lipinski definition) is 3. The topological polar surface area (TPSA) is 56.9 Å². The van der Waals surface area contributed by atoms with Crippen molar-refractivity contribution in [3.8, 4) is 0 Å². The molecule has 0 aliphatic rings. The Bertz CT molecular complexity index is 1090. The van der Waals surface area contributed by atoms with Gasteiger partial charge in [0.25, 0.3) is 0 Å². The van der Waals surface area contributed by atoms with Gasteiger partial charge in [-0.15, -0.1) is 0 Å². The molecule has 28 heavy (non-hydrogen) atoms. The number of fused-ring (bicyclic) bond motifs is 1. The third kappa shape index (κ3) is 3.88. The van der Waals surface area contributed by atoms with Gasteiger partial charge >= 0.3 is 6.03 Å². The smallest absolute Gasteiger partial charge is 0.319 e. The van der Waals surface area contributed by atoms with E-state index in [1.165, 1.54) is 12.1 Å². The maximum atomic E-state index is 13.3. The fraction of sp³-hybridized carbons (Fsp3) is 0.0870. The fourth-order valence-corrected chi connectivity index (χ4v) is 3.41. The van der Waals surface area contributed by atoms with E-state index in [1.807, 2.05) is 42.6 Å². The molecule has 4 nitrogen and oxygen atoms in total. The van der Waals surface area contributed by atoms with E-state index in [9.17, 15) is 9.18 Å². The van der Waals surface area contributed by atoms with Gasteiger partial charge in [0.2, 0.25) is 0 Å². The van der Waals surface area contributed by atoms with Crippen molar-refractivity contribution >= 4 is 22.6 Å². The standard InChI is InChI=1S/C23H20FN3O/c24-17-9-6-10-18(13-17)27-23(28)26-14-20(16-7-2-1-3-8-16)21-15-25-22-12-5-4-11-19(21)22/h1-13,15,20,25H,14H2,(H2,26,27,28)/t20-/m1/s1. The molecule has 0 saturated heterocycles. The average Bonchev–Trinajstić information content (AvgIpc) is 3.13. The Labute approximate surface area is 162 Å². The van der Waals surface area contributed by atoms with Gasteiger partial charge in [0.05, 0.1) is 0 Å². The molecule has 4 rings (SSSR count). The third-order valence-electron chi connectivity index (χ3n) is 4.75. The minimum atomic E-state index is -0.390. The second-order valence-corrected chi connectivity index (χ2v) is 6.60. The van der Waals surface area contributed by atoms with Gasteiger partial charge in [0.15, 0.2) is 0 Å². The van der Waals surface area contributed by atoms with Gasteiger partial charge in [-0.3, -0.25) is 0 Å². The zero-order chi connectivity index (χ0) is 19.3. The number of benzene rings is 3. The van der Waals surface area contributed by atoms with Crippen molar-refractivity contribution < 1.29 is 9.18 Å². The van der Waals surface area contributed by atoms with E-state index < -0.39 is 5.82 Å². The van der Waals surface area contributed by atoms with Gasteiger partial charge in [-0.1, -0.05) is 54.6 Å². The normalized spacial score (nSPS) is 11.9. The number of aromatic nitrogens is 1. The molecule has 2 amide bonds. The Morgan fingerprint density at radius 1 is 0.964 bits per heavy atom. The number of nitrogens with one attached hydrogen (secondary N) is 3. The molecule has 0 unspecified atom stereocenters. The summed E-state index contributed by atoms with van der Waals surface area (Å²) in [5, 5.41) is 6.72. The Morgan fingerprint density at radius 3 is 2.57 bits per heavy atom. The Balaban J connectivity index is 1.56. The molecule has 0 fully saturated rings. The summed E-state index contributed by atoms with van der Waals surface area (Å²) < 4.78 is 13.3. The van der Waals surface area contributed by atoms with Gasteiger partial charge < -0.3 is 15.6 Å². The van der Waals surface area contributed by atoms with Crippen molar-refractivity contribution in [3.05, 3.63) is 102 Å². The molecule has 0 bridgehead atoms. The molecule has 0 spiro atoms. The zero-order valence-corrected chi connectivity index (χ0v) is 15.2. The number of urea groups is 1. The van der Waals surface area contributed by atoms with Crippen LogP contribution in [0.25, 0.3) is 10.9 Å². The predicted octanol–water partition coefficient (Wildman–Crippen LogP) is 5.26. The van der Waals surface area contributed by atoms with Crippen LogP contribution in [0.4, 0.5) is 14.9 Å². The average molecular weight is 373 g/mol. The van der Waals surface area contributed by atoms with Crippen LogP contribution in [0.5, 0.6) is 0 Å². The number of H-pyrrole nitrogens is 1. The largest absolute Gasteiger partial charge is 0.361 e. The van der Waals surface area contributed by atoms with Crippen molar-refractivity contribution in [2.45, 2.75) is 5.92 Å². The second-order valence-electron chi connectivity index (χ2n) is 6.60. The van der Waals surface area contributed by atoms with E-state index in [0.717, 1.165) is 22.0 Å². The number of para-hydroxylation sites is 1. The molecule has 0 aliphatic carbocycles. The Kier molecular flexibility index (Phi) is 5.06. The summed E-state index contributed by atoms with van der Waals surface area (Å²) in [6.45, 7) is 0.410. The molecule has 0 radical (unpaired) electrons. The summed E-state index contributed by atoms with van der Waals surface area (Å²) in [7, 11) is 0. The zero-order valence-electron chi connectivity index (χ0n) is 15.2. The maximum Gasteiger partial charge on any atom is 0.319 e. The quantitative estimate of drug-likeness (QED) is 0.439. The molecular weight excluding hydrogens is 353 g/mol. The molecule has 4 aromatic rings. The predicted molar refractivity (Wildman–Crippen MR) is 110 cm³/mol. The van der Waals surface area contributed by atoms with Crippen LogP contribution in [0.2, 0.25) is 0 Å². The van der Waals surface area contributed by atoms with Crippen molar-refractivity contribution in [1.29, 1.82) is 0 Å². The van der Waals surface area contributed by atoms with Crippen LogP contribution in [0.1, 0.15) is 17.0 Å². The summed E-state index contributed by atoms with van der Waals surface area (Å²) >= 11 is 0. The van der Waals surface area contributed by atoms with E-state index >= 15 is 0 Å². The first-order valence-corrected chi connectivity index (χ1v) is 9.12. The van der Waals surface area contributed by atoms with Gasteiger partial charge in [-0.25, -0.2) is 9.18 Å². The highest BCUT2D eigenvalue weighted by Crippen LogP contribution is 2.30. The number of halogens is 1. The van der Waals surface area contributed by atoms with Crippen molar-refractivity contribution in [2.75, 3.05) is 11.9 Å². The highest BCUT2D eigenvalue weighted by Gasteiger charge is 2.19. The number of rotatable bonds is 5. The second kappa shape index (κ2) is 7.96. The summed E-state index contributed by atoms with van der Waals surface area (Å²) in [5.74, 6) is -0.408. The Hall–Kier alpha value is -3.60. The molecule has 3 N–H and O–H groups in total. The molecule has 3 aromatic carbocycles. The number of anilines is 1. The summed E-state index contributed by atoms with van der Waals surface area (Å²) in [6.07, 6.45) is 1.99. The van der Waals surface area contributed by atoms with Crippen LogP contribution in [0, 0.1) is 5.82 Å². The molecule has 0 saturated carbocycles. The third-order valence-corrected chi connectivity index (χ3v) is 4.75. The van der Waals surface area contributed by atoms with E-state index in [2.05, 4.69) is 33.8 Å². The van der Waals surface area contributed by atoms with Crippen LogP contribution >= 0.6 is 0 Å². The Morgan fingerprint density at radius 2 is 1.75 bits per heavy atom. The number of hydrogen-bond acceptors (Lipinski definition) is 1. The first kappa shape index (κ1) is 17.8. The molecule has 0 aliphatic heterocycles. The highest BCUT2D eigenvalue weighted by molar-refractivity contribution is 5.89. The molecule has 1 atom stereocenters. The number of carbonyl (C=O) groups is 1. The summed E-state index contributed by atoms with van der Waals surface area (Å²) in [6, 6.07) is 23.6. The van der Waals surface area contributed by atoms with Crippen LogP contribution in [-0.2, 0) is 0 Å². The minimum absolute atomic E-state index is 0.0180. The van der Waals surface area contributed by atoms with Crippen LogP contribution < -0.4 is 10.6 Å². The lowest BCUT2D eigenvalue weighted by Gasteiger charge is -2.18. The van der Waals surface area contributed by atoms with E-state index in [1.54, 1.807) is 12.1 Å². The molecule has 1 aromatic heterocycles. The molecular formula is C23H20FN3O. The van der Waals surface area contributed by atoms with Gasteiger partial charge in [-0.2, -0.15) is 0 Å². The van der Waals surface area contributed by atoms with Crippen molar-refractivity contribution in [1.82, 2.24) is 10.3 Å². The molecule has 1 heterocycles. The number of aromatic amines is 1. The van der Waals surface area contributed by atoms with Crippen molar-refractivity contribution in [2.24, 2.45) is 0 Å². The monoisotopic (exact) mass is 373 g/mol. The fourth-order valence-electron chi connectivity index (χ4n) is 3.41. The lowest BCUT2D eigenvalue weighted by molar-refractivity contribution is 0.252.